The van der Waals surface area contributed by atoms with E-state index in [4.69, 9.17) is 0 Å². The zero-order valence-electron chi connectivity index (χ0n) is 14.7. The van der Waals surface area contributed by atoms with Gasteiger partial charge in [-0.1, -0.05) is 38.5 Å². The van der Waals surface area contributed by atoms with E-state index in [1.54, 1.807) is 11.8 Å². The molecule has 0 radical (unpaired) electrons. The molecule has 3 saturated carbocycles. The van der Waals surface area contributed by atoms with Crippen molar-refractivity contribution in [1.82, 2.24) is 20.1 Å². The molecular formula is C18H28N4OS. The van der Waals surface area contributed by atoms with E-state index in [2.05, 4.69) is 33.9 Å². The Kier molecular flexibility index (Phi) is 4.58. The summed E-state index contributed by atoms with van der Waals surface area (Å²) in [5, 5.41) is 13.0. The lowest BCUT2D eigenvalue weighted by Crippen LogP contribution is -2.44. The summed E-state index contributed by atoms with van der Waals surface area (Å²) >= 11 is 1.56. The fourth-order valence-corrected chi connectivity index (χ4v) is 4.67. The van der Waals surface area contributed by atoms with Crippen LogP contribution in [0.5, 0.6) is 0 Å². The van der Waals surface area contributed by atoms with E-state index in [1.807, 2.05) is 0 Å². The zero-order chi connectivity index (χ0) is 16.7. The van der Waals surface area contributed by atoms with E-state index in [0.717, 1.165) is 17.4 Å². The summed E-state index contributed by atoms with van der Waals surface area (Å²) < 4.78 is 2.32. The standard InChI is InChI=1S/C18H28N4OS/c1-11-4-3-5-15(12(11)2)19-16(23)10-24-18-21-20-17(13-6-7-13)22(18)14-8-9-14/h11-15H,3-10H2,1-2H3,(H,19,23)/t11-,12-,15-/m1/s1. The van der Waals surface area contributed by atoms with Crippen LogP contribution < -0.4 is 5.32 Å². The molecule has 1 aromatic rings. The van der Waals surface area contributed by atoms with Crippen LogP contribution >= 0.6 is 11.8 Å². The molecule has 5 nitrogen and oxygen atoms in total. The number of nitrogens with one attached hydrogen (secondary N) is 1. The van der Waals surface area contributed by atoms with Gasteiger partial charge in [0.25, 0.3) is 0 Å². The lowest BCUT2D eigenvalue weighted by Gasteiger charge is -2.34. The van der Waals surface area contributed by atoms with Gasteiger partial charge in [0.1, 0.15) is 5.82 Å². The number of nitrogens with zero attached hydrogens (tertiary/aromatic N) is 3. The van der Waals surface area contributed by atoms with Crippen LogP contribution in [0.3, 0.4) is 0 Å². The van der Waals surface area contributed by atoms with Crippen LogP contribution in [0.2, 0.25) is 0 Å². The van der Waals surface area contributed by atoms with Gasteiger partial charge < -0.3 is 9.88 Å². The topological polar surface area (TPSA) is 59.8 Å². The summed E-state index contributed by atoms with van der Waals surface area (Å²) in [6, 6.07) is 0.922. The third-order valence-corrected chi connectivity index (χ3v) is 6.87. The van der Waals surface area contributed by atoms with Gasteiger partial charge in [-0.2, -0.15) is 0 Å². The number of carbonyl (C=O) groups is 1. The Morgan fingerprint density at radius 2 is 1.96 bits per heavy atom. The van der Waals surface area contributed by atoms with Crippen LogP contribution in [-0.2, 0) is 4.79 Å². The molecule has 0 bridgehead atoms. The molecule has 0 unspecified atom stereocenters. The van der Waals surface area contributed by atoms with Gasteiger partial charge in [-0.15, -0.1) is 10.2 Å². The minimum atomic E-state index is 0.143. The fraction of sp³-hybridized carbons (Fsp3) is 0.833. The van der Waals surface area contributed by atoms with Crippen molar-refractivity contribution in [3.63, 3.8) is 0 Å². The monoisotopic (exact) mass is 348 g/mol. The molecule has 0 aliphatic heterocycles. The van der Waals surface area contributed by atoms with Crippen LogP contribution in [0.25, 0.3) is 0 Å². The average molecular weight is 349 g/mol. The average Bonchev–Trinajstić information content (AvgIpc) is 3.48. The number of rotatable bonds is 6. The highest BCUT2D eigenvalue weighted by Gasteiger charge is 2.36. The molecule has 3 atom stereocenters. The number of amides is 1. The fourth-order valence-electron chi connectivity index (χ4n) is 3.85. The maximum atomic E-state index is 12.4. The second kappa shape index (κ2) is 6.70. The van der Waals surface area contributed by atoms with Gasteiger partial charge in [-0.05, 0) is 43.9 Å². The second-order valence-corrected chi connectivity index (χ2v) is 8.89. The molecule has 3 aliphatic rings. The summed E-state index contributed by atoms with van der Waals surface area (Å²) in [5.74, 6) is 3.65. The van der Waals surface area contributed by atoms with Gasteiger partial charge in [0, 0.05) is 18.0 Å². The van der Waals surface area contributed by atoms with Crippen molar-refractivity contribution in [3.05, 3.63) is 5.82 Å². The molecule has 1 heterocycles. The first-order valence-corrected chi connectivity index (χ1v) is 10.5. The molecule has 24 heavy (non-hydrogen) atoms. The molecule has 1 aromatic heterocycles. The van der Waals surface area contributed by atoms with Crippen molar-refractivity contribution in [2.75, 3.05) is 5.75 Å². The number of aromatic nitrogens is 3. The lowest BCUT2D eigenvalue weighted by atomic mass is 9.78. The number of hydrogen-bond acceptors (Lipinski definition) is 4. The summed E-state index contributed by atoms with van der Waals surface area (Å²) in [6.45, 7) is 4.57. The van der Waals surface area contributed by atoms with Crippen LogP contribution in [-0.4, -0.2) is 32.5 Å². The first-order valence-electron chi connectivity index (χ1n) is 9.50. The second-order valence-electron chi connectivity index (χ2n) is 7.95. The Morgan fingerprint density at radius 1 is 1.17 bits per heavy atom. The van der Waals surface area contributed by atoms with Crippen molar-refractivity contribution in [1.29, 1.82) is 0 Å². The normalized spacial score (nSPS) is 30.3. The molecule has 3 aliphatic carbocycles. The third-order valence-electron chi connectivity index (χ3n) is 5.93. The zero-order valence-corrected chi connectivity index (χ0v) is 15.5. The Bertz CT molecular complexity index is 608. The quantitative estimate of drug-likeness (QED) is 0.799. The Balaban J connectivity index is 1.34. The smallest absolute Gasteiger partial charge is 0.230 e. The molecule has 0 spiro atoms. The van der Waals surface area contributed by atoms with Crippen molar-refractivity contribution in [2.24, 2.45) is 11.8 Å². The van der Waals surface area contributed by atoms with Crippen LogP contribution in [0.15, 0.2) is 5.16 Å². The van der Waals surface area contributed by atoms with Gasteiger partial charge >= 0.3 is 0 Å². The molecule has 1 amide bonds. The first-order chi connectivity index (χ1) is 11.6. The summed E-state index contributed by atoms with van der Waals surface area (Å²) in [5.41, 5.74) is 0. The highest BCUT2D eigenvalue weighted by Crippen LogP contribution is 2.46. The van der Waals surface area contributed by atoms with Crippen LogP contribution in [0.4, 0.5) is 0 Å². The Labute approximate surface area is 148 Å². The van der Waals surface area contributed by atoms with Crippen molar-refractivity contribution in [3.8, 4) is 0 Å². The highest BCUT2D eigenvalue weighted by molar-refractivity contribution is 7.99. The van der Waals surface area contributed by atoms with Crippen LogP contribution in [0, 0.1) is 11.8 Å². The molecule has 0 aromatic carbocycles. The Hall–Kier alpha value is -1.04. The molecular weight excluding hydrogens is 320 g/mol. The van der Waals surface area contributed by atoms with Gasteiger partial charge in [0.2, 0.25) is 5.91 Å². The number of hydrogen-bond donors (Lipinski definition) is 1. The molecule has 1 N–H and O–H groups in total. The van der Waals surface area contributed by atoms with Gasteiger partial charge in [0.15, 0.2) is 5.16 Å². The van der Waals surface area contributed by atoms with E-state index >= 15 is 0 Å². The van der Waals surface area contributed by atoms with E-state index in [1.165, 1.54) is 38.5 Å². The SMILES string of the molecule is C[C@@H]1[C@H](C)CCC[C@H]1NC(=O)CSc1nnc(C2CC2)n1C1CC1. The maximum Gasteiger partial charge on any atom is 0.230 e. The Morgan fingerprint density at radius 3 is 2.67 bits per heavy atom. The van der Waals surface area contributed by atoms with Crippen molar-refractivity contribution < 1.29 is 4.79 Å². The summed E-state index contributed by atoms with van der Waals surface area (Å²) in [7, 11) is 0. The lowest BCUT2D eigenvalue weighted by molar-refractivity contribution is -0.120. The van der Waals surface area contributed by atoms with E-state index in [-0.39, 0.29) is 5.91 Å². The largest absolute Gasteiger partial charge is 0.352 e. The summed E-state index contributed by atoms with van der Waals surface area (Å²) in [6.07, 6.45) is 8.58. The summed E-state index contributed by atoms with van der Waals surface area (Å²) in [4.78, 5) is 12.4. The molecule has 6 heteroatoms. The first kappa shape index (κ1) is 16.4. The van der Waals surface area contributed by atoms with E-state index in [9.17, 15) is 4.79 Å². The highest BCUT2D eigenvalue weighted by atomic mass is 32.2. The maximum absolute atomic E-state index is 12.4. The van der Waals surface area contributed by atoms with Gasteiger partial charge in [-0.3, -0.25) is 4.79 Å². The van der Waals surface area contributed by atoms with Crippen molar-refractivity contribution in [2.45, 2.75) is 82.0 Å². The molecule has 3 fully saturated rings. The molecule has 4 rings (SSSR count). The van der Waals surface area contributed by atoms with E-state index in [0.29, 0.717) is 35.6 Å². The predicted molar refractivity (Wildman–Crippen MR) is 95.1 cm³/mol. The minimum absolute atomic E-state index is 0.143. The number of carbonyl (C=O) groups excluding carboxylic acids is 1. The predicted octanol–water partition coefficient (Wildman–Crippen LogP) is 3.52. The molecule has 0 saturated heterocycles. The van der Waals surface area contributed by atoms with Crippen molar-refractivity contribution >= 4 is 17.7 Å². The minimum Gasteiger partial charge on any atom is -0.352 e. The van der Waals surface area contributed by atoms with Gasteiger partial charge in [-0.25, -0.2) is 0 Å². The van der Waals surface area contributed by atoms with Crippen LogP contribution in [0.1, 0.15) is 76.6 Å². The molecule has 132 valence electrons. The third kappa shape index (κ3) is 3.48. The van der Waals surface area contributed by atoms with E-state index < -0.39 is 0 Å². The number of thioether (sulfide) groups is 1. The van der Waals surface area contributed by atoms with Gasteiger partial charge in [0.05, 0.1) is 5.75 Å².